The van der Waals surface area contributed by atoms with Gasteiger partial charge >= 0.3 is 0 Å². The van der Waals surface area contributed by atoms with Crippen molar-refractivity contribution in [2.75, 3.05) is 26.2 Å². The SMILES string of the molecule is Cc1ccc(-c2csc3ncn(CCC(=O)N4CCN(C(=O)C(C)C)CC4)c(=O)c23)cc1. The van der Waals surface area contributed by atoms with Gasteiger partial charge in [0, 0.05) is 56.0 Å². The van der Waals surface area contributed by atoms with Gasteiger partial charge in [0.1, 0.15) is 4.83 Å². The third-order valence-electron chi connectivity index (χ3n) is 5.93. The smallest absolute Gasteiger partial charge is 0.262 e. The van der Waals surface area contributed by atoms with Crippen molar-refractivity contribution in [3.05, 3.63) is 51.9 Å². The summed E-state index contributed by atoms with van der Waals surface area (Å²) in [5.74, 6) is 0.0920. The van der Waals surface area contributed by atoms with Crippen molar-refractivity contribution in [1.29, 1.82) is 0 Å². The van der Waals surface area contributed by atoms with Crippen molar-refractivity contribution in [1.82, 2.24) is 19.4 Å². The van der Waals surface area contributed by atoms with Gasteiger partial charge in [-0.2, -0.15) is 0 Å². The molecule has 2 aromatic heterocycles. The van der Waals surface area contributed by atoms with E-state index in [2.05, 4.69) is 4.98 Å². The number of rotatable bonds is 5. The number of hydrogen-bond donors (Lipinski definition) is 0. The van der Waals surface area contributed by atoms with Crippen molar-refractivity contribution < 1.29 is 9.59 Å². The maximum absolute atomic E-state index is 13.2. The van der Waals surface area contributed by atoms with Crippen molar-refractivity contribution in [2.24, 2.45) is 5.92 Å². The van der Waals surface area contributed by atoms with Crippen LogP contribution >= 0.6 is 11.3 Å². The molecule has 0 radical (unpaired) electrons. The summed E-state index contributed by atoms with van der Waals surface area (Å²) >= 11 is 1.46. The molecule has 4 rings (SSSR count). The number of thiophene rings is 1. The fraction of sp³-hybridized carbons (Fsp3) is 0.417. The molecule has 168 valence electrons. The molecule has 3 heterocycles. The highest BCUT2D eigenvalue weighted by atomic mass is 32.1. The molecule has 8 heteroatoms. The highest BCUT2D eigenvalue weighted by molar-refractivity contribution is 7.17. The summed E-state index contributed by atoms with van der Waals surface area (Å²) in [7, 11) is 0. The average Bonchev–Trinajstić information content (AvgIpc) is 3.23. The van der Waals surface area contributed by atoms with Crippen LogP contribution in [0.2, 0.25) is 0 Å². The minimum atomic E-state index is -0.119. The van der Waals surface area contributed by atoms with Gasteiger partial charge in [0.05, 0.1) is 11.7 Å². The van der Waals surface area contributed by atoms with E-state index in [-0.39, 0.29) is 36.3 Å². The lowest BCUT2D eigenvalue weighted by Gasteiger charge is -2.35. The second-order valence-electron chi connectivity index (χ2n) is 8.55. The van der Waals surface area contributed by atoms with Gasteiger partial charge in [-0.15, -0.1) is 11.3 Å². The minimum Gasteiger partial charge on any atom is -0.339 e. The van der Waals surface area contributed by atoms with E-state index in [0.717, 1.165) is 16.7 Å². The summed E-state index contributed by atoms with van der Waals surface area (Å²) in [4.78, 5) is 46.8. The van der Waals surface area contributed by atoms with Crippen LogP contribution in [0.1, 0.15) is 25.8 Å². The molecular formula is C24H28N4O3S. The Balaban J connectivity index is 1.45. The van der Waals surface area contributed by atoms with E-state index < -0.39 is 0 Å². The summed E-state index contributed by atoms with van der Waals surface area (Å²) < 4.78 is 1.53. The van der Waals surface area contributed by atoms with E-state index in [0.29, 0.717) is 36.4 Å². The summed E-state index contributed by atoms with van der Waals surface area (Å²) in [6, 6.07) is 8.09. The Bertz CT molecular complexity index is 1190. The zero-order chi connectivity index (χ0) is 22.8. The van der Waals surface area contributed by atoms with E-state index in [1.165, 1.54) is 22.2 Å². The molecule has 1 fully saturated rings. The summed E-state index contributed by atoms with van der Waals surface area (Å²) in [6.45, 7) is 8.28. The Morgan fingerprint density at radius 3 is 2.38 bits per heavy atom. The molecule has 0 atom stereocenters. The Morgan fingerprint density at radius 1 is 1.06 bits per heavy atom. The number of carbonyl (C=O) groups excluding carboxylic acids is 2. The first-order valence-corrected chi connectivity index (χ1v) is 11.8. The quantitative estimate of drug-likeness (QED) is 0.596. The van der Waals surface area contributed by atoms with E-state index in [1.807, 2.05) is 55.3 Å². The van der Waals surface area contributed by atoms with Crippen LogP contribution in [0.5, 0.6) is 0 Å². The number of fused-ring (bicyclic) bond motifs is 1. The third kappa shape index (κ3) is 4.46. The zero-order valence-corrected chi connectivity index (χ0v) is 19.5. The minimum absolute atomic E-state index is 0.00211. The Labute approximate surface area is 191 Å². The van der Waals surface area contributed by atoms with Gasteiger partial charge < -0.3 is 9.80 Å². The molecule has 0 bridgehead atoms. The van der Waals surface area contributed by atoms with Gasteiger partial charge in [0.25, 0.3) is 5.56 Å². The van der Waals surface area contributed by atoms with Crippen molar-refractivity contribution in [2.45, 2.75) is 33.7 Å². The molecule has 1 saturated heterocycles. The highest BCUT2D eigenvalue weighted by Gasteiger charge is 2.25. The number of aromatic nitrogens is 2. The zero-order valence-electron chi connectivity index (χ0n) is 18.7. The number of carbonyl (C=O) groups is 2. The second-order valence-corrected chi connectivity index (χ2v) is 9.41. The van der Waals surface area contributed by atoms with E-state index in [4.69, 9.17) is 0 Å². The maximum Gasteiger partial charge on any atom is 0.262 e. The first kappa shape index (κ1) is 22.2. The molecule has 0 aliphatic carbocycles. The lowest BCUT2D eigenvalue weighted by atomic mass is 10.1. The lowest BCUT2D eigenvalue weighted by Crippen LogP contribution is -2.51. The number of nitrogens with zero attached hydrogens (tertiary/aromatic N) is 4. The van der Waals surface area contributed by atoms with Crippen molar-refractivity contribution in [3.8, 4) is 11.1 Å². The van der Waals surface area contributed by atoms with Crippen LogP contribution in [0.4, 0.5) is 0 Å². The molecule has 2 amide bonds. The van der Waals surface area contributed by atoms with E-state index in [1.54, 1.807) is 4.90 Å². The first-order valence-electron chi connectivity index (χ1n) is 11.0. The number of amides is 2. The van der Waals surface area contributed by atoms with Gasteiger partial charge in [-0.25, -0.2) is 4.98 Å². The second kappa shape index (κ2) is 9.24. The molecule has 0 unspecified atom stereocenters. The molecule has 0 N–H and O–H groups in total. The normalized spacial score (nSPS) is 14.4. The topological polar surface area (TPSA) is 75.5 Å². The fourth-order valence-electron chi connectivity index (χ4n) is 3.99. The Morgan fingerprint density at radius 2 is 1.72 bits per heavy atom. The predicted molar refractivity (Wildman–Crippen MR) is 127 cm³/mol. The standard InChI is InChI=1S/C24H28N4O3S/c1-16(2)23(30)27-12-10-26(11-13-27)20(29)8-9-28-15-25-22-21(24(28)31)19(14-32-22)18-6-4-17(3)5-7-18/h4-7,14-16H,8-13H2,1-3H3. The molecule has 1 aromatic carbocycles. The monoisotopic (exact) mass is 452 g/mol. The molecule has 0 saturated carbocycles. The summed E-state index contributed by atoms with van der Waals surface area (Å²) in [6.07, 6.45) is 1.77. The number of aryl methyl sites for hydroxylation is 2. The maximum atomic E-state index is 13.2. The van der Waals surface area contributed by atoms with Crippen LogP contribution in [-0.2, 0) is 16.1 Å². The third-order valence-corrected chi connectivity index (χ3v) is 6.81. The van der Waals surface area contributed by atoms with Gasteiger partial charge in [0.15, 0.2) is 0 Å². The number of hydrogen-bond acceptors (Lipinski definition) is 5. The van der Waals surface area contributed by atoms with Gasteiger partial charge in [0.2, 0.25) is 11.8 Å². The van der Waals surface area contributed by atoms with Crippen LogP contribution in [-0.4, -0.2) is 57.3 Å². The summed E-state index contributed by atoms with van der Waals surface area (Å²) in [5.41, 5.74) is 2.92. The predicted octanol–water partition coefficient (Wildman–Crippen LogP) is 3.15. The molecule has 7 nitrogen and oxygen atoms in total. The fourth-order valence-corrected chi connectivity index (χ4v) is 4.89. The first-order chi connectivity index (χ1) is 15.3. The van der Waals surface area contributed by atoms with Gasteiger partial charge in [-0.3, -0.25) is 19.0 Å². The Kier molecular flexibility index (Phi) is 6.41. The number of piperazine rings is 1. The van der Waals surface area contributed by atoms with Crippen molar-refractivity contribution in [3.63, 3.8) is 0 Å². The average molecular weight is 453 g/mol. The largest absolute Gasteiger partial charge is 0.339 e. The van der Waals surface area contributed by atoms with Crippen molar-refractivity contribution >= 4 is 33.4 Å². The molecule has 1 aliphatic heterocycles. The van der Waals surface area contributed by atoms with E-state index in [9.17, 15) is 14.4 Å². The Hall–Kier alpha value is -3.00. The summed E-state index contributed by atoms with van der Waals surface area (Å²) in [5, 5.41) is 2.58. The van der Waals surface area contributed by atoms with Gasteiger partial charge in [-0.05, 0) is 12.5 Å². The lowest BCUT2D eigenvalue weighted by molar-refractivity contribution is -0.141. The number of benzene rings is 1. The van der Waals surface area contributed by atoms with Crippen LogP contribution < -0.4 is 5.56 Å². The van der Waals surface area contributed by atoms with E-state index >= 15 is 0 Å². The molecular weight excluding hydrogens is 424 g/mol. The molecule has 3 aromatic rings. The van der Waals surface area contributed by atoms with Crippen LogP contribution in [0, 0.1) is 12.8 Å². The molecule has 32 heavy (non-hydrogen) atoms. The van der Waals surface area contributed by atoms with Crippen LogP contribution in [0.25, 0.3) is 21.3 Å². The molecule has 1 aliphatic rings. The molecule has 0 spiro atoms. The van der Waals surface area contributed by atoms with Crippen LogP contribution in [0.3, 0.4) is 0 Å². The highest BCUT2D eigenvalue weighted by Crippen LogP contribution is 2.30. The van der Waals surface area contributed by atoms with Gasteiger partial charge in [-0.1, -0.05) is 43.7 Å². The van der Waals surface area contributed by atoms with Crippen LogP contribution in [0.15, 0.2) is 40.8 Å².